The van der Waals surface area contributed by atoms with Crippen LogP contribution in [0.4, 0.5) is 5.69 Å². The second kappa shape index (κ2) is 7.90. The minimum atomic E-state index is -0.0814. The van der Waals surface area contributed by atoms with Gasteiger partial charge in [-0.25, -0.2) is 0 Å². The van der Waals surface area contributed by atoms with Gasteiger partial charge in [0.25, 0.3) is 5.91 Å². The van der Waals surface area contributed by atoms with Crippen molar-refractivity contribution in [3.8, 4) is 0 Å². The third-order valence-electron chi connectivity index (χ3n) is 3.51. The lowest BCUT2D eigenvalue weighted by Crippen LogP contribution is -2.34. The molecule has 0 aliphatic carbocycles. The van der Waals surface area contributed by atoms with Crippen molar-refractivity contribution in [3.05, 3.63) is 29.8 Å². The Morgan fingerprint density at radius 2 is 1.95 bits per heavy atom. The first-order valence-corrected chi connectivity index (χ1v) is 7.34. The molecule has 1 aromatic carbocycles. The number of unbranched alkanes of at least 4 members (excludes halogenated alkanes) is 2. The molecule has 20 heavy (non-hydrogen) atoms. The van der Waals surface area contributed by atoms with Crippen LogP contribution in [0.15, 0.2) is 24.3 Å². The number of rotatable bonds is 8. The molecule has 1 aromatic rings. The third-order valence-corrected chi connectivity index (χ3v) is 3.51. The standard InChI is InChI=1S/C16H27N3O/c1-4-5-8-11-16(2,3)12-18-15(20)13-9-6-7-10-14(13)19-17/h6-7,9-10,19H,4-5,8,11-12,17H2,1-3H3,(H,18,20). The first-order chi connectivity index (χ1) is 9.50. The lowest BCUT2D eigenvalue weighted by molar-refractivity contribution is 0.0935. The topological polar surface area (TPSA) is 67.2 Å². The summed E-state index contributed by atoms with van der Waals surface area (Å²) in [7, 11) is 0. The molecule has 4 nitrogen and oxygen atoms in total. The van der Waals surface area contributed by atoms with E-state index in [-0.39, 0.29) is 11.3 Å². The molecule has 0 heterocycles. The van der Waals surface area contributed by atoms with Gasteiger partial charge in [0, 0.05) is 6.54 Å². The zero-order valence-corrected chi connectivity index (χ0v) is 12.8. The molecular weight excluding hydrogens is 250 g/mol. The van der Waals surface area contributed by atoms with Crippen LogP contribution in [0.25, 0.3) is 0 Å². The Balaban J connectivity index is 2.54. The molecular formula is C16H27N3O. The van der Waals surface area contributed by atoms with Gasteiger partial charge in [0.05, 0.1) is 11.3 Å². The molecule has 0 fully saturated rings. The van der Waals surface area contributed by atoms with Crippen LogP contribution in [-0.4, -0.2) is 12.5 Å². The van der Waals surface area contributed by atoms with Crippen molar-refractivity contribution >= 4 is 11.6 Å². The molecule has 1 rings (SSSR count). The van der Waals surface area contributed by atoms with Gasteiger partial charge in [-0.1, -0.05) is 52.2 Å². The highest BCUT2D eigenvalue weighted by Crippen LogP contribution is 2.23. The summed E-state index contributed by atoms with van der Waals surface area (Å²) in [5.41, 5.74) is 3.91. The van der Waals surface area contributed by atoms with E-state index in [4.69, 9.17) is 5.84 Å². The molecule has 0 atom stereocenters. The van der Waals surface area contributed by atoms with Crippen molar-refractivity contribution in [2.24, 2.45) is 11.3 Å². The lowest BCUT2D eigenvalue weighted by atomic mass is 9.87. The van der Waals surface area contributed by atoms with E-state index in [0.717, 1.165) is 6.42 Å². The van der Waals surface area contributed by atoms with Crippen LogP contribution in [0.1, 0.15) is 56.8 Å². The maximum Gasteiger partial charge on any atom is 0.253 e. The van der Waals surface area contributed by atoms with Crippen molar-refractivity contribution in [1.29, 1.82) is 0 Å². The maximum atomic E-state index is 12.2. The van der Waals surface area contributed by atoms with Gasteiger partial charge >= 0.3 is 0 Å². The van der Waals surface area contributed by atoms with Crippen LogP contribution in [0.2, 0.25) is 0 Å². The molecule has 0 spiro atoms. The molecule has 4 heteroatoms. The highest BCUT2D eigenvalue weighted by molar-refractivity contribution is 5.99. The van der Waals surface area contributed by atoms with Gasteiger partial charge in [-0.05, 0) is 24.0 Å². The second-order valence-corrected chi connectivity index (χ2v) is 5.99. The quantitative estimate of drug-likeness (QED) is 0.388. The number of amides is 1. The molecule has 0 aliphatic rings. The maximum absolute atomic E-state index is 12.2. The van der Waals surface area contributed by atoms with Gasteiger partial charge in [0.1, 0.15) is 0 Å². The van der Waals surface area contributed by atoms with Gasteiger partial charge < -0.3 is 10.7 Å². The van der Waals surface area contributed by atoms with Crippen LogP contribution in [0.3, 0.4) is 0 Å². The summed E-state index contributed by atoms with van der Waals surface area (Å²) in [4.78, 5) is 12.2. The van der Waals surface area contributed by atoms with E-state index in [2.05, 4.69) is 31.5 Å². The predicted molar refractivity (Wildman–Crippen MR) is 84.5 cm³/mol. The average Bonchev–Trinajstić information content (AvgIpc) is 2.45. The largest absolute Gasteiger partial charge is 0.351 e. The smallest absolute Gasteiger partial charge is 0.253 e. The van der Waals surface area contributed by atoms with Crippen molar-refractivity contribution < 1.29 is 4.79 Å². The van der Waals surface area contributed by atoms with Crippen molar-refractivity contribution in [2.45, 2.75) is 46.5 Å². The lowest BCUT2D eigenvalue weighted by Gasteiger charge is -2.25. The third kappa shape index (κ3) is 5.21. The van der Waals surface area contributed by atoms with Crippen molar-refractivity contribution in [1.82, 2.24) is 5.32 Å². The Morgan fingerprint density at radius 1 is 1.25 bits per heavy atom. The number of hydrogen-bond donors (Lipinski definition) is 3. The van der Waals surface area contributed by atoms with Gasteiger partial charge in [0.15, 0.2) is 0 Å². The molecule has 0 bridgehead atoms. The van der Waals surface area contributed by atoms with Crippen LogP contribution in [-0.2, 0) is 0 Å². The molecule has 0 radical (unpaired) electrons. The average molecular weight is 277 g/mol. The number of nitrogen functional groups attached to an aromatic ring is 1. The molecule has 0 aliphatic heterocycles. The summed E-state index contributed by atoms with van der Waals surface area (Å²) in [5, 5.41) is 3.01. The zero-order valence-electron chi connectivity index (χ0n) is 12.8. The number of benzene rings is 1. The molecule has 0 saturated heterocycles. The number of carbonyl (C=O) groups is 1. The fourth-order valence-corrected chi connectivity index (χ4v) is 2.16. The Kier molecular flexibility index (Phi) is 6.52. The molecule has 0 saturated carbocycles. The number of hydrazine groups is 1. The van der Waals surface area contributed by atoms with E-state index in [9.17, 15) is 4.79 Å². The molecule has 4 N–H and O–H groups in total. The summed E-state index contributed by atoms with van der Waals surface area (Å²) in [6, 6.07) is 7.25. The minimum Gasteiger partial charge on any atom is -0.351 e. The van der Waals surface area contributed by atoms with Gasteiger partial charge in [-0.2, -0.15) is 0 Å². The van der Waals surface area contributed by atoms with Crippen LogP contribution >= 0.6 is 0 Å². The normalized spacial score (nSPS) is 11.2. The molecule has 112 valence electrons. The number of nitrogens with two attached hydrogens (primary N) is 1. The Bertz CT molecular complexity index is 429. The van der Waals surface area contributed by atoms with E-state index in [0.29, 0.717) is 17.8 Å². The zero-order chi connectivity index (χ0) is 15.0. The van der Waals surface area contributed by atoms with Crippen molar-refractivity contribution in [3.63, 3.8) is 0 Å². The van der Waals surface area contributed by atoms with Gasteiger partial charge in [-0.3, -0.25) is 10.6 Å². The highest BCUT2D eigenvalue weighted by atomic mass is 16.1. The molecule has 0 aromatic heterocycles. The second-order valence-electron chi connectivity index (χ2n) is 5.99. The Morgan fingerprint density at radius 3 is 2.60 bits per heavy atom. The summed E-state index contributed by atoms with van der Waals surface area (Å²) in [6.45, 7) is 7.26. The number of anilines is 1. The van der Waals surface area contributed by atoms with Gasteiger partial charge in [0.2, 0.25) is 0 Å². The Hall–Kier alpha value is -1.55. The fraction of sp³-hybridized carbons (Fsp3) is 0.562. The van der Waals surface area contributed by atoms with Crippen LogP contribution in [0, 0.1) is 5.41 Å². The molecule has 0 unspecified atom stereocenters. The van der Waals surface area contributed by atoms with Crippen LogP contribution in [0.5, 0.6) is 0 Å². The number of nitrogens with one attached hydrogen (secondary N) is 2. The minimum absolute atomic E-state index is 0.0814. The first-order valence-electron chi connectivity index (χ1n) is 7.34. The Labute approximate surface area is 122 Å². The SMILES string of the molecule is CCCCCC(C)(C)CNC(=O)c1ccccc1NN. The van der Waals surface area contributed by atoms with E-state index in [1.54, 1.807) is 12.1 Å². The summed E-state index contributed by atoms with van der Waals surface area (Å²) >= 11 is 0. The van der Waals surface area contributed by atoms with E-state index < -0.39 is 0 Å². The number of hydrogen-bond acceptors (Lipinski definition) is 3. The highest BCUT2D eigenvalue weighted by Gasteiger charge is 2.19. The summed E-state index contributed by atoms with van der Waals surface area (Å²) in [6.07, 6.45) is 4.80. The number of carbonyl (C=O) groups excluding carboxylic acids is 1. The molecule has 1 amide bonds. The first kappa shape index (κ1) is 16.5. The van der Waals surface area contributed by atoms with E-state index in [1.165, 1.54) is 19.3 Å². The fourth-order valence-electron chi connectivity index (χ4n) is 2.16. The predicted octanol–water partition coefficient (Wildman–Crippen LogP) is 3.31. The van der Waals surface area contributed by atoms with Crippen LogP contribution < -0.4 is 16.6 Å². The van der Waals surface area contributed by atoms with E-state index in [1.807, 2.05) is 12.1 Å². The monoisotopic (exact) mass is 277 g/mol. The summed E-state index contributed by atoms with van der Waals surface area (Å²) in [5.74, 6) is 5.34. The summed E-state index contributed by atoms with van der Waals surface area (Å²) < 4.78 is 0. The van der Waals surface area contributed by atoms with Crippen molar-refractivity contribution in [2.75, 3.05) is 12.0 Å². The number of para-hydroxylation sites is 1. The van der Waals surface area contributed by atoms with E-state index >= 15 is 0 Å². The van der Waals surface area contributed by atoms with Gasteiger partial charge in [-0.15, -0.1) is 0 Å².